The lowest BCUT2D eigenvalue weighted by Crippen LogP contribution is -2.38. The molecule has 0 saturated carbocycles. The second-order valence-electron chi connectivity index (χ2n) is 5.70. The molecule has 0 unspecified atom stereocenters. The number of nitrogens with one attached hydrogen (secondary N) is 2. The van der Waals surface area contributed by atoms with Gasteiger partial charge in [-0.05, 0) is 43.2 Å². The highest BCUT2D eigenvalue weighted by Crippen LogP contribution is 2.08. The standard InChI is InChI=1S/C20H26N4O2/c1-2-22-20(23-13-6-14-26-18-7-4-3-5-8-18)24-15-16-9-11-17(12-10-16)19(21)25/h3-5,7-12H,2,6,13-15H2,1H3,(H2,21,25)(H2,22,23,24). The average molecular weight is 354 g/mol. The Kier molecular flexibility index (Phi) is 7.99. The number of carbonyl (C=O) groups is 1. The van der Waals surface area contributed by atoms with Gasteiger partial charge in [0, 0.05) is 18.7 Å². The first kappa shape index (κ1) is 19.3. The SMILES string of the molecule is CCNC(=NCc1ccc(C(N)=O)cc1)NCCCOc1ccccc1. The van der Waals surface area contributed by atoms with Crippen LogP contribution in [0.15, 0.2) is 59.6 Å². The van der Waals surface area contributed by atoms with Crippen LogP contribution in [0, 0.1) is 0 Å². The second-order valence-corrected chi connectivity index (χ2v) is 5.70. The molecule has 0 fully saturated rings. The quantitative estimate of drug-likeness (QED) is 0.366. The van der Waals surface area contributed by atoms with Crippen molar-refractivity contribution in [2.45, 2.75) is 19.9 Å². The second kappa shape index (κ2) is 10.8. The minimum Gasteiger partial charge on any atom is -0.494 e. The first-order valence-electron chi connectivity index (χ1n) is 8.78. The number of rotatable bonds is 9. The van der Waals surface area contributed by atoms with Crippen molar-refractivity contribution in [3.63, 3.8) is 0 Å². The zero-order chi connectivity index (χ0) is 18.6. The largest absolute Gasteiger partial charge is 0.494 e. The Balaban J connectivity index is 1.76. The van der Waals surface area contributed by atoms with E-state index in [0.29, 0.717) is 18.7 Å². The smallest absolute Gasteiger partial charge is 0.248 e. The number of aliphatic imine (C=N–C) groups is 1. The molecule has 2 rings (SSSR count). The van der Waals surface area contributed by atoms with Crippen LogP contribution in [0.4, 0.5) is 0 Å². The van der Waals surface area contributed by atoms with E-state index in [-0.39, 0.29) is 0 Å². The number of amides is 1. The van der Waals surface area contributed by atoms with Crippen molar-refractivity contribution in [3.05, 3.63) is 65.7 Å². The van der Waals surface area contributed by atoms with E-state index in [1.165, 1.54) is 0 Å². The van der Waals surface area contributed by atoms with Gasteiger partial charge in [0.05, 0.1) is 13.2 Å². The zero-order valence-corrected chi connectivity index (χ0v) is 15.1. The van der Waals surface area contributed by atoms with Gasteiger partial charge >= 0.3 is 0 Å². The maximum atomic E-state index is 11.1. The van der Waals surface area contributed by atoms with Crippen molar-refractivity contribution in [1.82, 2.24) is 10.6 Å². The predicted molar refractivity (Wildman–Crippen MR) is 104 cm³/mol. The number of guanidine groups is 1. The number of hydrogen-bond donors (Lipinski definition) is 3. The first-order valence-corrected chi connectivity index (χ1v) is 8.78. The number of ether oxygens (including phenoxy) is 1. The van der Waals surface area contributed by atoms with E-state index in [1.807, 2.05) is 49.4 Å². The van der Waals surface area contributed by atoms with Crippen molar-refractivity contribution < 1.29 is 9.53 Å². The number of benzene rings is 2. The Morgan fingerprint density at radius 3 is 2.46 bits per heavy atom. The number of nitrogens with zero attached hydrogens (tertiary/aromatic N) is 1. The van der Waals surface area contributed by atoms with E-state index in [4.69, 9.17) is 10.5 Å². The van der Waals surface area contributed by atoms with E-state index in [2.05, 4.69) is 15.6 Å². The number of primary amides is 1. The van der Waals surface area contributed by atoms with Gasteiger partial charge in [-0.15, -0.1) is 0 Å². The van der Waals surface area contributed by atoms with E-state index in [0.717, 1.165) is 36.8 Å². The molecule has 0 aliphatic carbocycles. The molecule has 0 radical (unpaired) electrons. The van der Waals surface area contributed by atoms with Crippen LogP contribution < -0.4 is 21.1 Å². The minimum absolute atomic E-state index is 0.423. The van der Waals surface area contributed by atoms with Crippen LogP contribution in [0.2, 0.25) is 0 Å². The highest BCUT2D eigenvalue weighted by molar-refractivity contribution is 5.92. The molecule has 0 bridgehead atoms. The third-order valence-corrected chi connectivity index (χ3v) is 3.63. The van der Waals surface area contributed by atoms with E-state index >= 15 is 0 Å². The summed E-state index contributed by atoms with van der Waals surface area (Å²) in [5.41, 5.74) is 6.76. The Bertz CT molecular complexity index is 700. The Morgan fingerprint density at radius 2 is 1.81 bits per heavy atom. The van der Waals surface area contributed by atoms with Crippen LogP contribution in [0.25, 0.3) is 0 Å². The fraction of sp³-hybridized carbons (Fsp3) is 0.300. The molecule has 2 aromatic rings. The van der Waals surface area contributed by atoms with E-state index in [1.54, 1.807) is 12.1 Å². The van der Waals surface area contributed by atoms with Crippen LogP contribution in [-0.2, 0) is 6.54 Å². The minimum atomic E-state index is -0.423. The topological polar surface area (TPSA) is 88.7 Å². The number of hydrogen-bond acceptors (Lipinski definition) is 3. The molecule has 0 heterocycles. The molecule has 6 heteroatoms. The molecular weight excluding hydrogens is 328 g/mol. The van der Waals surface area contributed by atoms with Crippen LogP contribution in [0.1, 0.15) is 29.3 Å². The van der Waals surface area contributed by atoms with Crippen molar-refractivity contribution in [3.8, 4) is 5.75 Å². The Morgan fingerprint density at radius 1 is 1.08 bits per heavy atom. The molecule has 1 amide bonds. The summed E-state index contributed by atoms with van der Waals surface area (Å²) < 4.78 is 5.67. The van der Waals surface area contributed by atoms with Gasteiger partial charge in [0.1, 0.15) is 5.75 Å². The molecule has 2 aromatic carbocycles. The first-order chi connectivity index (χ1) is 12.7. The highest BCUT2D eigenvalue weighted by atomic mass is 16.5. The highest BCUT2D eigenvalue weighted by Gasteiger charge is 2.01. The van der Waals surface area contributed by atoms with Crippen LogP contribution in [-0.4, -0.2) is 31.6 Å². The molecule has 0 aromatic heterocycles. The van der Waals surface area contributed by atoms with Crippen molar-refractivity contribution >= 4 is 11.9 Å². The maximum absolute atomic E-state index is 11.1. The van der Waals surface area contributed by atoms with E-state index < -0.39 is 5.91 Å². The summed E-state index contributed by atoms with van der Waals surface area (Å²) in [6, 6.07) is 16.9. The average Bonchev–Trinajstić information content (AvgIpc) is 2.67. The van der Waals surface area contributed by atoms with Gasteiger partial charge in [-0.2, -0.15) is 0 Å². The summed E-state index contributed by atoms with van der Waals surface area (Å²) in [7, 11) is 0. The summed E-state index contributed by atoms with van der Waals surface area (Å²) in [6.07, 6.45) is 0.868. The molecule has 0 aliphatic heterocycles. The van der Waals surface area contributed by atoms with Crippen molar-refractivity contribution in [2.75, 3.05) is 19.7 Å². The molecule has 0 atom stereocenters. The predicted octanol–water partition coefficient (Wildman–Crippen LogP) is 2.31. The molecule has 0 spiro atoms. The zero-order valence-electron chi connectivity index (χ0n) is 15.1. The molecule has 4 N–H and O–H groups in total. The van der Waals surface area contributed by atoms with Gasteiger partial charge in [0.15, 0.2) is 5.96 Å². The molecule has 26 heavy (non-hydrogen) atoms. The lowest BCUT2D eigenvalue weighted by Gasteiger charge is -2.12. The fourth-order valence-electron chi connectivity index (χ4n) is 2.27. The van der Waals surface area contributed by atoms with Crippen LogP contribution in [0.5, 0.6) is 5.75 Å². The number of para-hydroxylation sites is 1. The normalized spacial score (nSPS) is 11.0. The van der Waals surface area contributed by atoms with Gasteiger partial charge < -0.3 is 21.1 Å². The van der Waals surface area contributed by atoms with Gasteiger partial charge in [-0.1, -0.05) is 30.3 Å². The molecule has 0 aliphatic rings. The third kappa shape index (κ3) is 6.84. The van der Waals surface area contributed by atoms with Gasteiger partial charge in [-0.25, -0.2) is 4.99 Å². The van der Waals surface area contributed by atoms with Gasteiger partial charge in [0.25, 0.3) is 0 Å². The maximum Gasteiger partial charge on any atom is 0.248 e. The summed E-state index contributed by atoms with van der Waals surface area (Å²) in [5.74, 6) is 1.21. The monoisotopic (exact) mass is 354 g/mol. The Hall–Kier alpha value is -3.02. The van der Waals surface area contributed by atoms with E-state index in [9.17, 15) is 4.79 Å². The summed E-state index contributed by atoms with van der Waals surface area (Å²) in [4.78, 5) is 15.6. The van der Waals surface area contributed by atoms with Gasteiger partial charge in [0.2, 0.25) is 5.91 Å². The number of nitrogens with two attached hydrogens (primary N) is 1. The Labute approximate surface area is 154 Å². The molecular formula is C20H26N4O2. The van der Waals surface area contributed by atoms with Crippen LogP contribution in [0.3, 0.4) is 0 Å². The summed E-state index contributed by atoms with van der Waals surface area (Å²) in [6.45, 7) is 4.74. The summed E-state index contributed by atoms with van der Waals surface area (Å²) in [5, 5.41) is 6.51. The molecule has 138 valence electrons. The lowest BCUT2D eigenvalue weighted by molar-refractivity contribution is 0.100. The van der Waals surface area contributed by atoms with Crippen LogP contribution >= 0.6 is 0 Å². The lowest BCUT2D eigenvalue weighted by atomic mass is 10.1. The molecule has 6 nitrogen and oxygen atoms in total. The fourth-order valence-corrected chi connectivity index (χ4v) is 2.27. The molecule has 0 saturated heterocycles. The summed E-state index contributed by atoms with van der Waals surface area (Å²) >= 11 is 0. The third-order valence-electron chi connectivity index (χ3n) is 3.63. The van der Waals surface area contributed by atoms with Gasteiger partial charge in [-0.3, -0.25) is 4.79 Å². The van der Waals surface area contributed by atoms with Crippen molar-refractivity contribution in [1.29, 1.82) is 0 Å². The number of carbonyl (C=O) groups excluding carboxylic acids is 1. The van der Waals surface area contributed by atoms with Crippen molar-refractivity contribution in [2.24, 2.45) is 10.7 Å².